The Morgan fingerprint density at radius 2 is 2.15 bits per heavy atom. The monoisotopic (exact) mass is 281 g/mol. The molecule has 2 aromatic rings. The number of nitrogens with zero attached hydrogens (tertiary/aromatic N) is 4. The van der Waals surface area contributed by atoms with Crippen LogP contribution in [0.1, 0.15) is 12.6 Å². The van der Waals surface area contributed by atoms with Gasteiger partial charge in [-0.2, -0.15) is 0 Å². The van der Waals surface area contributed by atoms with E-state index in [1.807, 2.05) is 0 Å². The van der Waals surface area contributed by atoms with Gasteiger partial charge < -0.3 is 25.8 Å². The largest absolute Gasteiger partial charge is 0.394 e. The highest BCUT2D eigenvalue weighted by molar-refractivity contribution is 5.81. The van der Waals surface area contributed by atoms with Gasteiger partial charge in [0.05, 0.1) is 19.0 Å². The van der Waals surface area contributed by atoms with E-state index < -0.39 is 31.1 Å². The highest BCUT2D eigenvalue weighted by atomic mass is 16.5. The molecule has 0 aliphatic carbocycles. The SMILES string of the molecule is Nc1ncnc2c1ncn2[C@@H]1C[C@@H](O)[C@@H](O)[C@H](CO)O1. The quantitative estimate of drug-likeness (QED) is 0.516. The van der Waals surface area contributed by atoms with E-state index in [4.69, 9.17) is 10.5 Å². The number of rotatable bonds is 2. The molecule has 4 atom stereocenters. The second-order valence-corrected chi connectivity index (χ2v) is 4.69. The van der Waals surface area contributed by atoms with Crippen LogP contribution in [-0.4, -0.2) is 59.8 Å². The first kappa shape index (κ1) is 13.2. The van der Waals surface area contributed by atoms with E-state index in [0.717, 1.165) is 0 Å². The number of hydrogen-bond donors (Lipinski definition) is 4. The van der Waals surface area contributed by atoms with Crippen LogP contribution in [0.5, 0.6) is 0 Å². The molecule has 5 N–H and O–H groups in total. The Morgan fingerprint density at radius 1 is 1.35 bits per heavy atom. The molecule has 0 unspecified atom stereocenters. The Balaban J connectivity index is 1.97. The number of nitrogen functional groups attached to an aromatic ring is 1. The number of fused-ring (bicyclic) bond motifs is 1. The van der Waals surface area contributed by atoms with Crippen LogP contribution in [0.4, 0.5) is 5.82 Å². The molecule has 1 saturated heterocycles. The van der Waals surface area contributed by atoms with E-state index in [1.165, 1.54) is 12.7 Å². The zero-order valence-electron chi connectivity index (χ0n) is 10.5. The van der Waals surface area contributed by atoms with Crippen molar-refractivity contribution in [3.63, 3.8) is 0 Å². The summed E-state index contributed by atoms with van der Waals surface area (Å²) in [7, 11) is 0. The maximum absolute atomic E-state index is 9.84. The zero-order valence-corrected chi connectivity index (χ0v) is 10.5. The van der Waals surface area contributed by atoms with Crippen LogP contribution >= 0.6 is 0 Å². The van der Waals surface area contributed by atoms with Crippen molar-refractivity contribution < 1.29 is 20.1 Å². The molecule has 0 spiro atoms. The summed E-state index contributed by atoms with van der Waals surface area (Å²) in [6, 6.07) is 0. The first-order valence-electron chi connectivity index (χ1n) is 6.17. The maximum atomic E-state index is 9.84. The number of aliphatic hydroxyl groups excluding tert-OH is 3. The Morgan fingerprint density at radius 3 is 2.90 bits per heavy atom. The van der Waals surface area contributed by atoms with Crippen LogP contribution < -0.4 is 5.73 Å². The number of aliphatic hydroxyl groups is 3. The normalized spacial score (nSPS) is 30.8. The van der Waals surface area contributed by atoms with Crippen molar-refractivity contribution in [3.05, 3.63) is 12.7 Å². The lowest BCUT2D eigenvalue weighted by Crippen LogP contribution is -2.48. The Hall–Kier alpha value is -1.81. The van der Waals surface area contributed by atoms with E-state index >= 15 is 0 Å². The predicted molar refractivity (Wildman–Crippen MR) is 67.4 cm³/mol. The summed E-state index contributed by atoms with van der Waals surface area (Å²) in [4.78, 5) is 12.1. The molecule has 1 fully saturated rings. The highest BCUT2D eigenvalue weighted by Crippen LogP contribution is 2.30. The topological polar surface area (TPSA) is 140 Å². The summed E-state index contributed by atoms with van der Waals surface area (Å²) in [6.45, 7) is -0.390. The van der Waals surface area contributed by atoms with Gasteiger partial charge in [0.2, 0.25) is 0 Å². The number of hydrogen-bond acceptors (Lipinski definition) is 8. The summed E-state index contributed by atoms with van der Waals surface area (Å²) in [5.41, 5.74) is 6.62. The minimum absolute atomic E-state index is 0.160. The summed E-state index contributed by atoms with van der Waals surface area (Å²) >= 11 is 0. The fourth-order valence-electron chi connectivity index (χ4n) is 2.34. The van der Waals surface area contributed by atoms with E-state index in [0.29, 0.717) is 11.2 Å². The lowest BCUT2D eigenvalue weighted by molar-refractivity contribution is -0.200. The highest BCUT2D eigenvalue weighted by Gasteiger charge is 2.37. The zero-order chi connectivity index (χ0) is 14.3. The van der Waals surface area contributed by atoms with Crippen molar-refractivity contribution in [3.8, 4) is 0 Å². The van der Waals surface area contributed by atoms with E-state index in [2.05, 4.69) is 15.0 Å². The minimum Gasteiger partial charge on any atom is -0.394 e. The summed E-state index contributed by atoms with van der Waals surface area (Å²) in [5.74, 6) is 0.254. The average molecular weight is 281 g/mol. The van der Waals surface area contributed by atoms with Crippen LogP contribution in [0.15, 0.2) is 12.7 Å². The fourth-order valence-corrected chi connectivity index (χ4v) is 2.34. The third-order valence-electron chi connectivity index (χ3n) is 3.43. The molecule has 0 radical (unpaired) electrons. The smallest absolute Gasteiger partial charge is 0.167 e. The van der Waals surface area contributed by atoms with Crippen LogP contribution in [0.25, 0.3) is 11.2 Å². The van der Waals surface area contributed by atoms with E-state index in [-0.39, 0.29) is 12.2 Å². The van der Waals surface area contributed by atoms with Gasteiger partial charge >= 0.3 is 0 Å². The van der Waals surface area contributed by atoms with Gasteiger partial charge in [0.15, 0.2) is 11.5 Å². The molecule has 1 aliphatic heterocycles. The average Bonchev–Trinajstić information content (AvgIpc) is 2.87. The van der Waals surface area contributed by atoms with Crippen LogP contribution in [0.2, 0.25) is 0 Å². The van der Waals surface area contributed by atoms with E-state index in [9.17, 15) is 15.3 Å². The molecule has 2 aromatic heterocycles. The molecule has 0 aromatic carbocycles. The van der Waals surface area contributed by atoms with Gasteiger partial charge in [0.1, 0.15) is 30.3 Å². The standard InChI is InChI=1S/C11H15N5O4/c12-10-8-11(14-3-13-10)16(4-15-8)7-1-5(18)9(19)6(2-17)20-7/h3-7,9,17-19H,1-2H2,(H2,12,13,14)/t5-,6+,7+,9-/m1/s1. The molecule has 9 nitrogen and oxygen atoms in total. The molecular weight excluding hydrogens is 266 g/mol. The van der Waals surface area contributed by atoms with Gasteiger partial charge in [-0.25, -0.2) is 15.0 Å². The lowest BCUT2D eigenvalue weighted by Gasteiger charge is -2.36. The number of imidazole rings is 1. The molecule has 3 heterocycles. The third-order valence-corrected chi connectivity index (χ3v) is 3.43. The summed E-state index contributed by atoms with van der Waals surface area (Å²) in [6.07, 6.45) is -0.613. The number of aromatic nitrogens is 4. The van der Waals surface area contributed by atoms with Gasteiger partial charge in [-0.1, -0.05) is 0 Å². The summed E-state index contributed by atoms with van der Waals surface area (Å²) in [5, 5.41) is 28.7. The Bertz CT molecular complexity index is 618. The van der Waals surface area contributed by atoms with Gasteiger partial charge in [0, 0.05) is 6.42 Å². The second-order valence-electron chi connectivity index (χ2n) is 4.69. The second kappa shape index (κ2) is 4.94. The number of nitrogens with two attached hydrogens (primary N) is 1. The third kappa shape index (κ3) is 2.00. The number of ether oxygens (including phenoxy) is 1. The van der Waals surface area contributed by atoms with Crippen LogP contribution in [-0.2, 0) is 4.74 Å². The molecule has 9 heteroatoms. The van der Waals surface area contributed by atoms with Crippen molar-refractivity contribution in [2.24, 2.45) is 0 Å². The lowest BCUT2D eigenvalue weighted by atomic mass is 10.0. The van der Waals surface area contributed by atoms with Crippen molar-refractivity contribution in [2.45, 2.75) is 31.0 Å². The molecule has 0 bridgehead atoms. The molecule has 3 rings (SSSR count). The number of anilines is 1. The molecule has 1 aliphatic rings. The van der Waals surface area contributed by atoms with Gasteiger partial charge in [-0.05, 0) is 0 Å². The minimum atomic E-state index is -1.12. The molecular formula is C11H15N5O4. The van der Waals surface area contributed by atoms with Gasteiger partial charge in [-0.15, -0.1) is 0 Å². The van der Waals surface area contributed by atoms with Crippen LogP contribution in [0.3, 0.4) is 0 Å². The first-order valence-corrected chi connectivity index (χ1v) is 6.17. The van der Waals surface area contributed by atoms with Crippen molar-refractivity contribution in [1.29, 1.82) is 0 Å². The maximum Gasteiger partial charge on any atom is 0.167 e. The van der Waals surface area contributed by atoms with E-state index in [1.54, 1.807) is 4.57 Å². The first-order chi connectivity index (χ1) is 9.61. The molecule has 20 heavy (non-hydrogen) atoms. The van der Waals surface area contributed by atoms with Crippen molar-refractivity contribution in [1.82, 2.24) is 19.5 Å². The van der Waals surface area contributed by atoms with Crippen LogP contribution in [0, 0.1) is 0 Å². The van der Waals surface area contributed by atoms with Crippen molar-refractivity contribution >= 4 is 17.0 Å². The fraction of sp³-hybridized carbons (Fsp3) is 0.545. The van der Waals surface area contributed by atoms with Crippen molar-refractivity contribution in [2.75, 3.05) is 12.3 Å². The van der Waals surface area contributed by atoms with Gasteiger partial charge in [-0.3, -0.25) is 4.57 Å². The Kier molecular flexibility index (Phi) is 3.26. The molecule has 0 saturated carbocycles. The summed E-state index contributed by atoms with van der Waals surface area (Å²) < 4.78 is 7.17. The molecule has 108 valence electrons. The predicted octanol–water partition coefficient (Wildman–Crippen LogP) is -1.59. The van der Waals surface area contributed by atoms with Gasteiger partial charge in [0.25, 0.3) is 0 Å². The Labute approximate surface area is 113 Å². The molecule has 0 amide bonds.